The first kappa shape index (κ1) is 21.4. The maximum Gasteiger partial charge on any atom is 0.493 e. The van der Waals surface area contributed by atoms with Crippen LogP contribution in [0.1, 0.15) is 21.6 Å². The van der Waals surface area contributed by atoms with Gasteiger partial charge in [0.25, 0.3) is 0 Å². The fourth-order valence-corrected chi connectivity index (χ4v) is 3.54. The fraction of sp³-hybridized carbons (Fsp3) is 0.0952. The summed E-state index contributed by atoms with van der Waals surface area (Å²) in [5, 5.41) is 23.1. The third-order valence-electron chi connectivity index (χ3n) is 5.03. The van der Waals surface area contributed by atoms with E-state index in [1.54, 1.807) is 41.0 Å². The number of hydrogen-bond donors (Lipinski definition) is 5. The van der Waals surface area contributed by atoms with E-state index in [0.29, 0.717) is 27.7 Å². The van der Waals surface area contributed by atoms with E-state index in [9.17, 15) is 19.2 Å². The minimum Gasteiger partial charge on any atom is -0.423 e. The van der Waals surface area contributed by atoms with E-state index in [1.165, 1.54) is 18.3 Å². The van der Waals surface area contributed by atoms with E-state index in [4.69, 9.17) is 11.5 Å². The lowest BCUT2D eigenvalue weighted by Crippen LogP contribution is -2.34. The molecule has 2 heterocycles. The molecule has 0 fully saturated rings. The Hall–Kier alpha value is -3.80. The number of halogens is 1. The Bertz CT molecular complexity index is 1310. The lowest BCUT2D eigenvalue weighted by molar-refractivity contribution is 0.100. The Morgan fingerprint density at radius 1 is 1.19 bits per heavy atom. The first-order valence-corrected chi connectivity index (χ1v) is 9.74. The number of carbonyl (C=O) groups excluding carboxylic acids is 1. The molecule has 1 amide bonds. The highest BCUT2D eigenvalue weighted by atomic mass is 19.1. The molecule has 0 unspecified atom stereocenters. The molecule has 0 saturated carbocycles. The van der Waals surface area contributed by atoms with E-state index in [-0.39, 0.29) is 36.1 Å². The third-order valence-corrected chi connectivity index (χ3v) is 5.03. The second-order valence-corrected chi connectivity index (χ2v) is 7.11. The summed E-state index contributed by atoms with van der Waals surface area (Å²) in [5.74, 6) is -0.599. The first-order valence-electron chi connectivity index (χ1n) is 9.74. The summed E-state index contributed by atoms with van der Waals surface area (Å²) in [6.45, 7) is 0.322. The molecule has 32 heavy (non-hydrogen) atoms. The average Bonchev–Trinajstić information content (AvgIpc) is 3.16. The van der Waals surface area contributed by atoms with Crippen LogP contribution in [0.2, 0.25) is 0 Å². The molecule has 2 aromatic heterocycles. The van der Waals surface area contributed by atoms with E-state index < -0.39 is 13.0 Å². The summed E-state index contributed by atoms with van der Waals surface area (Å²) >= 11 is 0. The van der Waals surface area contributed by atoms with E-state index >= 15 is 0 Å². The van der Waals surface area contributed by atoms with Gasteiger partial charge in [-0.05, 0) is 35.9 Å². The number of primary amides is 1. The molecule has 9 nitrogen and oxygen atoms in total. The van der Waals surface area contributed by atoms with Gasteiger partial charge in [0.15, 0.2) is 0 Å². The maximum absolute atomic E-state index is 13.5. The maximum atomic E-state index is 13.5. The monoisotopic (exact) mass is 434 g/mol. The van der Waals surface area contributed by atoms with Gasteiger partial charge in [-0.3, -0.25) is 9.36 Å². The van der Waals surface area contributed by atoms with Gasteiger partial charge in [0, 0.05) is 41.4 Å². The van der Waals surface area contributed by atoms with Crippen LogP contribution in [0.25, 0.3) is 16.9 Å². The molecular weight excluding hydrogens is 414 g/mol. The number of amides is 1. The predicted octanol–water partition coefficient (Wildman–Crippen LogP) is 0.409. The third kappa shape index (κ3) is 4.04. The van der Waals surface area contributed by atoms with Gasteiger partial charge in [-0.2, -0.15) is 4.98 Å². The smallest absolute Gasteiger partial charge is 0.423 e. The number of hydrogen-bond acceptors (Lipinski definition) is 7. The molecule has 2 aromatic carbocycles. The molecular formula is C21H20BFN6O3. The number of anilines is 1. The van der Waals surface area contributed by atoms with Crippen molar-refractivity contribution in [2.45, 2.75) is 13.1 Å². The predicted molar refractivity (Wildman–Crippen MR) is 119 cm³/mol. The Kier molecular flexibility index (Phi) is 5.86. The topological polar surface area (TPSA) is 152 Å². The molecule has 162 valence electrons. The van der Waals surface area contributed by atoms with Crippen molar-refractivity contribution in [1.82, 2.24) is 14.5 Å². The van der Waals surface area contributed by atoms with Crippen molar-refractivity contribution >= 4 is 35.2 Å². The van der Waals surface area contributed by atoms with Crippen LogP contribution in [-0.4, -0.2) is 37.6 Å². The van der Waals surface area contributed by atoms with Crippen molar-refractivity contribution in [1.29, 1.82) is 0 Å². The lowest BCUT2D eigenvalue weighted by atomic mass is 9.81. The second-order valence-electron chi connectivity index (χ2n) is 7.11. The van der Waals surface area contributed by atoms with Crippen LogP contribution in [-0.2, 0) is 13.1 Å². The second kappa shape index (κ2) is 8.75. The zero-order valence-corrected chi connectivity index (χ0v) is 16.9. The molecule has 0 radical (unpaired) electrons. The number of rotatable bonds is 7. The zero-order chi connectivity index (χ0) is 22.8. The number of carbonyl (C=O) groups is 1. The number of benzene rings is 2. The van der Waals surface area contributed by atoms with Crippen molar-refractivity contribution in [3.05, 3.63) is 77.4 Å². The van der Waals surface area contributed by atoms with Gasteiger partial charge in [0.2, 0.25) is 11.9 Å². The van der Waals surface area contributed by atoms with Gasteiger partial charge in [-0.25, -0.2) is 9.37 Å². The van der Waals surface area contributed by atoms with Crippen LogP contribution >= 0.6 is 0 Å². The van der Waals surface area contributed by atoms with Crippen molar-refractivity contribution in [2.75, 3.05) is 5.32 Å². The normalized spacial score (nSPS) is 11.0. The molecule has 4 aromatic rings. The van der Waals surface area contributed by atoms with Gasteiger partial charge in [-0.1, -0.05) is 18.2 Å². The number of nitrogens with zero attached hydrogens (tertiary/aromatic N) is 3. The largest absolute Gasteiger partial charge is 0.493 e. The van der Waals surface area contributed by atoms with Gasteiger partial charge in [0.05, 0.1) is 5.52 Å². The van der Waals surface area contributed by atoms with E-state index in [0.717, 1.165) is 0 Å². The first-order chi connectivity index (χ1) is 15.4. The molecule has 4 rings (SSSR count). The van der Waals surface area contributed by atoms with Crippen molar-refractivity contribution in [3.8, 4) is 5.95 Å². The summed E-state index contributed by atoms with van der Waals surface area (Å²) in [6.07, 6.45) is 1.28. The van der Waals surface area contributed by atoms with Crippen LogP contribution in [0.5, 0.6) is 0 Å². The molecule has 0 saturated heterocycles. The lowest BCUT2D eigenvalue weighted by Gasteiger charge is -2.14. The van der Waals surface area contributed by atoms with Gasteiger partial charge in [0.1, 0.15) is 11.6 Å². The van der Waals surface area contributed by atoms with Crippen LogP contribution in [0.15, 0.2) is 54.7 Å². The Morgan fingerprint density at radius 3 is 2.66 bits per heavy atom. The SMILES string of the molecule is NCc1cc2c(C(N)=O)cccc2n1-c1ncc(B(O)O)c(NCc2cccc(F)c2)n1. The zero-order valence-electron chi connectivity index (χ0n) is 16.9. The van der Waals surface area contributed by atoms with Crippen molar-refractivity contribution < 1.29 is 19.2 Å². The highest BCUT2D eigenvalue weighted by Gasteiger charge is 2.21. The van der Waals surface area contributed by atoms with E-state index in [1.807, 2.05) is 0 Å². The molecule has 0 aliphatic heterocycles. The van der Waals surface area contributed by atoms with Crippen molar-refractivity contribution in [2.24, 2.45) is 11.5 Å². The quantitative estimate of drug-likeness (QED) is 0.264. The van der Waals surface area contributed by atoms with Gasteiger partial charge < -0.3 is 26.8 Å². The van der Waals surface area contributed by atoms with Crippen molar-refractivity contribution in [3.63, 3.8) is 0 Å². The molecule has 11 heteroatoms. The van der Waals surface area contributed by atoms with Crippen LogP contribution in [0.3, 0.4) is 0 Å². The number of nitrogens with two attached hydrogens (primary N) is 2. The molecule has 0 spiro atoms. The minimum atomic E-state index is -1.82. The summed E-state index contributed by atoms with van der Waals surface area (Å²) in [5.41, 5.74) is 13.7. The number of aromatic nitrogens is 3. The molecule has 7 N–H and O–H groups in total. The van der Waals surface area contributed by atoms with Gasteiger partial charge in [-0.15, -0.1) is 0 Å². The Balaban J connectivity index is 1.81. The highest BCUT2D eigenvalue weighted by Crippen LogP contribution is 2.26. The summed E-state index contributed by atoms with van der Waals surface area (Å²) in [4.78, 5) is 20.6. The Labute approximate surface area is 182 Å². The molecule has 0 aliphatic rings. The van der Waals surface area contributed by atoms with Crippen LogP contribution < -0.4 is 22.2 Å². The number of nitrogens with one attached hydrogen (secondary N) is 1. The van der Waals surface area contributed by atoms with Crippen LogP contribution in [0, 0.1) is 5.82 Å². The fourth-order valence-electron chi connectivity index (χ4n) is 3.54. The minimum absolute atomic E-state index is 0.0498. The Morgan fingerprint density at radius 2 is 1.97 bits per heavy atom. The molecule has 0 bridgehead atoms. The summed E-state index contributed by atoms with van der Waals surface area (Å²) < 4.78 is 15.2. The van der Waals surface area contributed by atoms with E-state index in [2.05, 4.69) is 15.3 Å². The molecule has 0 aliphatic carbocycles. The number of fused-ring (bicyclic) bond motifs is 1. The molecule has 0 atom stereocenters. The highest BCUT2D eigenvalue weighted by molar-refractivity contribution is 6.60. The standard InChI is InChI=1S/C21H20BFN6O3/c23-13-4-1-3-12(7-13)10-26-20-17(22(31)32)11-27-21(28-20)29-14(9-24)8-16-15(19(25)30)5-2-6-18(16)29/h1-8,11,31-32H,9-10,24H2,(H2,25,30)(H,26,27,28). The summed E-state index contributed by atoms with van der Waals surface area (Å²) in [6, 6.07) is 12.8. The average molecular weight is 434 g/mol. The van der Waals surface area contributed by atoms with Crippen LogP contribution in [0.4, 0.5) is 10.2 Å². The summed E-state index contributed by atoms with van der Waals surface area (Å²) in [7, 11) is -1.82. The van der Waals surface area contributed by atoms with Gasteiger partial charge >= 0.3 is 7.12 Å².